The largest absolute Gasteiger partial charge is 0.325 e. The Morgan fingerprint density at radius 1 is 1.14 bits per heavy atom. The van der Waals surface area contributed by atoms with Crippen molar-refractivity contribution < 1.29 is 4.79 Å². The highest BCUT2D eigenvalue weighted by Gasteiger charge is 2.14. The lowest BCUT2D eigenvalue weighted by molar-refractivity contribution is -0.113. The van der Waals surface area contributed by atoms with Crippen LogP contribution in [0.2, 0.25) is 0 Å². The second-order valence-corrected chi connectivity index (χ2v) is 8.84. The third-order valence-electron chi connectivity index (χ3n) is 4.66. The summed E-state index contributed by atoms with van der Waals surface area (Å²) in [7, 11) is 0. The highest BCUT2D eigenvalue weighted by Crippen LogP contribution is 2.22. The number of rotatable bonds is 10. The molecular formula is C22H27N3O2S2. The Labute approximate surface area is 179 Å². The predicted octanol–water partition coefficient (Wildman–Crippen LogP) is 5.33. The summed E-state index contributed by atoms with van der Waals surface area (Å²) in [5, 5.41) is 5.43. The molecule has 0 saturated heterocycles. The molecule has 1 aromatic carbocycles. The van der Waals surface area contributed by atoms with Gasteiger partial charge in [-0.3, -0.25) is 14.2 Å². The van der Waals surface area contributed by atoms with Crippen LogP contribution in [0.3, 0.4) is 0 Å². The van der Waals surface area contributed by atoms with Crippen LogP contribution in [0.4, 0.5) is 5.69 Å². The van der Waals surface area contributed by atoms with Crippen molar-refractivity contribution in [3.8, 4) is 0 Å². The molecule has 0 spiro atoms. The van der Waals surface area contributed by atoms with Crippen molar-refractivity contribution in [2.45, 2.75) is 57.7 Å². The number of amides is 1. The van der Waals surface area contributed by atoms with Crippen molar-refractivity contribution in [3.63, 3.8) is 0 Å². The highest BCUT2D eigenvalue weighted by molar-refractivity contribution is 7.99. The van der Waals surface area contributed by atoms with E-state index in [0.717, 1.165) is 24.9 Å². The van der Waals surface area contributed by atoms with E-state index in [1.807, 2.05) is 23.6 Å². The first-order valence-electron chi connectivity index (χ1n) is 10.1. The molecule has 0 aliphatic heterocycles. The van der Waals surface area contributed by atoms with Gasteiger partial charge in [0.05, 0.1) is 11.3 Å². The molecule has 0 aliphatic rings. The van der Waals surface area contributed by atoms with Gasteiger partial charge in [-0.05, 0) is 48.4 Å². The van der Waals surface area contributed by atoms with E-state index in [2.05, 4.69) is 36.3 Å². The van der Waals surface area contributed by atoms with Gasteiger partial charge in [-0.25, -0.2) is 4.98 Å². The van der Waals surface area contributed by atoms with Crippen molar-refractivity contribution in [3.05, 3.63) is 51.6 Å². The van der Waals surface area contributed by atoms with Crippen molar-refractivity contribution in [1.82, 2.24) is 9.55 Å². The van der Waals surface area contributed by atoms with Crippen molar-refractivity contribution in [1.29, 1.82) is 0 Å². The van der Waals surface area contributed by atoms with Gasteiger partial charge in [0, 0.05) is 12.2 Å². The summed E-state index contributed by atoms with van der Waals surface area (Å²) in [4.78, 5) is 29.8. The van der Waals surface area contributed by atoms with Gasteiger partial charge in [-0.2, -0.15) is 0 Å². The zero-order valence-electron chi connectivity index (χ0n) is 16.9. The third kappa shape index (κ3) is 5.70. The fraction of sp³-hybridized carbons (Fsp3) is 0.409. The Kier molecular flexibility index (Phi) is 7.89. The molecule has 154 valence electrons. The maximum Gasteiger partial charge on any atom is 0.272 e. The van der Waals surface area contributed by atoms with Gasteiger partial charge < -0.3 is 5.32 Å². The number of nitrogens with one attached hydrogen (secondary N) is 1. The second-order valence-electron chi connectivity index (χ2n) is 6.98. The van der Waals surface area contributed by atoms with E-state index >= 15 is 0 Å². The minimum atomic E-state index is -0.0991. The molecule has 0 radical (unpaired) electrons. The molecule has 0 bridgehead atoms. The van der Waals surface area contributed by atoms with Crippen molar-refractivity contribution in [2.24, 2.45) is 0 Å². The average molecular weight is 430 g/mol. The van der Waals surface area contributed by atoms with Crippen LogP contribution in [0, 0.1) is 0 Å². The molecule has 2 heterocycles. The number of thiophene rings is 1. The average Bonchev–Trinajstić information content (AvgIpc) is 3.20. The molecule has 3 rings (SSSR count). The molecule has 2 aromatic heterocycles. The number of fused-ring (bicyclic) bond motifs is 1. The lowest BCUT2D eigenvalue weighted by Crippen LogP contribution is -2.23. The molecule has 7 heteroatoms. The van der Waals surface area contributed by atoms with Gasteiger partial charge in [-0.15, -0.1) is 11.3 Å². The van der Waals surface area contributed by atoms with Gasteiger partial charge in [0.2, 0.25) is 5.91 Å². The number of aryl methyl sites for hydroxylation is 1. The first-order chi connectivity index (χ1) is 14.1. The van der Waals surface area contributed by atoms with Crippen molar-refractivity contribution >= 4 is 44.9 Å². The Balaban J connectivity index is 1.66. The Morgan fingerprint density at radius 2 is 1.90 bits per heavy atom. The van der Waals surface area contributed by atoms with Gasteiger partial charge in [0.25, 0.3) is 5.56 Å². The maximum atomic E-state index is 12.8. The first kappa shape index (κ1) is 21.6. The standard InChI is InChI=1S/C22H27N3O2S2/c1-3-5-7-16-8-10-17(11-9-16)23-19(26)15-29-22-24-18-12-14-28-20(18)21(27)25(22)13-6-4-2/h8-12,14H,3-7,13,15H2,1-2H3,(H,23,26). The van der Waals surface area contributed by atoms with Gasteiger partial charge in [0.1, 0.15) is 4.70 Å². The van der Waals surface area contributed by atoms with Crippen LogP contribution in [-0.2, 0) is 17.8 Å². The molecule has 0 atom stereocenters. The molecule has 0 aliphatic carbocycles. The second kappa shape index (κ2) is 10.6. The summed E-state index contributed by atoms with van der Waals surface area (Å²) in [5.41, 5.74) is 2.77. The number of benzene rings is 1. The highest BCUT2D eigenvalue weighted by atomic mass is 32.2. The van der Waals surface area contributed by atoms with Crippen molar-refractivity contribution in [2.75, 3.05) is 11.1 Å². The number of aromatic nitrogens is 2. The number of anilines is 1. The number of hydrogen-bond acceptors (Lipinski definition) is 5. The fourth-order valence-corrected chi connectivity index (χ4v) is 4.61. The summed E-state index contributed by atoms with van der Waals surface area (Å²) < 4.78 is 2.39. The molecular weight excluding hydrogens is 402 g/mol. The Bertz CT molecular complexity index is 1010. The number of nitrogens with zero attached hydrogens (tertiary/aromatic N) is 2. The van der Waals surface area contributed by atoms with E-state index in [1.54, 1.807) is 4.57 Å². The minimum Gasteiger partial charge on any atom is -0.325 e. The van der Waals surface area contributed by atoms with E-state index < -0.39 is 0 Å². The number of carbonyl (C=O) groups is 1. The Hall–Kier alpha value is -2.12. The van der Waals surface area contributed by atoms with Crippen LogP contribution in [0.15, 0.2) is 45.7 Å². The van der Waals surface area contributed by atoms with E-state index in [4.69, 9.17) is 0 Å². The van der Waals surface area contributed by atoms with Gasteiger partial charge >= 0.3 is 0 Å². The van der Waals surface area contributed by atoms with Crippen LogP contribution in [0.1, 0.15) is 45.1 Å². The monoisotopic (exact) mass is 429 g/mol. The summed E-state index contributed by atoms with van der Waals surface area (Å²) in [6, 6.07) is 9.87. The molecule has 0 unspecified atom stereocenters. The molecule has 29 heavy (non-hydrogen) atoms. The summed E-state index contributed by atoms with van der Waals surface area (Å²) >= 11 is 2.73. The third-order valence-corrected chi connectivity index (χ3v) is 6.52. The van der Waals surface area contributed by atoms with Crippen LogP contribution in [-0.4, -0.2) is 21.2 Å². The molecule has 1 amide bonds. The lowest BCUT2D eigenvalue weighted by Gasteiger charge is -2.11. The number of thioether (sulfide) groups is 1. The zero-order chi connectivity index (χ0) is 20.6. The molecule has 0 fully saturated rings. The summed E-state index contributed by atoms with van der Waals surface area (Å²) in [6.45, 7) is 4.90. The number of carbonyl (C=O) groups excluding carboxylic acids is 1. The first-order valence-corrected chi connectivity index (χ1v) is 12.0. The van der Waals surface area contributed by atoms with E-state index in [9.17, 15) is 9.59 Å². The Morgan fingerprint density at radius 3 is 2.62 bits per heavy atom. The van der Waals surface area contributed by atoms with Crippen LogP contribution in [0.25, 0.3) is 10.2 Å². The fourth-order valence-electron chi connectivity index (χ4n) is 3.01. The van der Waals surface area contributed by atoms with Gasteiger partial charge in [-0.1, -0.05) is 50.6 Å². The SMILES string of the molecule is CCCCc1ccc(NC(=O)CSc2nc3ccsc3c(=O)n2CCCC)cc1. The van der Waals surface area contributed by atoms with E-state index in [1.165, 1.54) is 41.5 Å². The maximum absolute atomic E-state index is 12.8. The van der Waals surface area contributed by atoms with Crippen LogP contribution >= 0.6 is 23.1 Å². The number of unbranched alkanes of at least 4 members (excludes halogenated alkanes) is 2. The minimum absolute atomic E-state index is 0.0102. The van der Waals surface area contributed by atoms with E-state index in [-0.39, 0.29) is 17.2 Å². The zero-order valence-corrected chi connectivity index (χ0v) is 18.6. The topological polar surface area (TPSA) is 64.0 Å². The summed E-state index contributed by atoms with van der Waals surface area (Å²) in [6.07, 6.45) is 5.30. The lowest BCUT2D eigenvalue weighted by atomic mass is 10.1. The molecule has 0 saturated carbocycles. The quantitative estimate of drug-likeness (QED) is 0.349. The molecule has 3 aromatic rings. The molecule has 5 nitrogen and oxygen atoms in total. The summed E-state index contributed by atoms with van der Waals surface area (Å²) in [5.74, 6) is 0.115. The van der Waals surface area contributed by atoms with E-state index in [0.29, 0.717) is 21.9 Å². The van der Waals surface area contributed by atoms with Crippen LogP contribution in [0.5, 0.6) is 0 Å². The van der Waals surface area contributed by atoms with Gasteiger partial charge in [0.15, 0.2) is 5.16 Å². The number of hydrogen-bond donors (Lipinski definition) is 1. The predicted molar refractivity (Wildman–Crippen MR) is 123 cm³/mol. The smallest absolute Gasteiger partial charge is 0.272 e. The van der Waals surface area contributed by atoms with Crippen LogP contribution < -0.4 is 10.9 Å². The normalized spacial score (nSPS) is 11.1. The molecule has 1 N–H and O–H groups in total.